The molecule has 1 fully saturated rings. The molecule has 86 valence electrons. The van der Waals surface area contributed by atoms with E-state index in [-0.39, 0.29) is 17.9 Å². The highest BCUT2D eigenvalue weighted by molar-refractivity contribution is 5.73. The van der Waals surface area contributed by atoms with Crippen LogP contribution in [-0.4, -0.2) is 19.6 Å². The molecule has 3 heteroatoms. The average molecular weight is 219 g/mol. The summed E-state index contributed by atoms with van der Waals surface area (Å²) in [5.41, 5.74) is 2.51. The first-order valence-corrected chi connectivity index (χ1v) is 5.58. The molecule has 2 atom stereocenters. The number of hydrogen-bond acceptors (Lipinski definition) is 3. The van der Waals surface area contributed by atoms with E-state index in [1.54, 1.807) is 0 Å². The minimum atomic E-state index is -0.109. The van der Waals surface area contributed by atoms with Gasteiger partial charge in [0.2, 0.25) is 0 Å². The maximum absolute atomic E-state index is 11.4. The van der Waals surface area contributed by atoms with E-state index < -0.39 is 0 Å². The first-order valence-electron chi connectivity index (χ1n) is 5.58. The van der Waals surface area contributed by atoms with E-state index in [1.807, 2.05) is 0 Å². The second-order valence-corrected chi connectivity index (χ2v) is 4.33. The van der Waals surface area contributed by atoms with Gasteiger partial charge < -0.3 is 10.1 Å². The van der Waals surface area contributed by atoms with Gasteiger partial charge in [-0.3, -0.25) is 4.79 Å². The summed E-state index contributed by atoms with van der Waals surface area (Å²) in [6.07, 6.45) is 0.829. The van der Waals surface area contributed by atoms with E-state index in [2.05, 4.69) is 36.5 Å². The molecule has 1 heterocycles. The molecule has 1 aliphatic heterocycles. The molecule has 0 spiro atoms. The van der Waals surface area contributed by atoms with E-state index in [9.17, 15) is 4.79 Å². The van der Waals surface area contributed by atoms with Crippen LogP contribution in [-0.2, 0) is 9.53 Å². The number of nitrogens with one attached hydrogen (secondary N) is 1. The van der Waals surface area contributed by atoms with Crippen molar-refractivity contribution in [2.24, 2.45) is 5.92 Å². The average Bonchev–Trinajstić information content (AvgIpc) is 2.77. The van der Waals surface area contributed by atoms with Crippen LogP contribution in [0.2, 0.25) is 0 Å². The molecule has 2 rings (SSSR count). The number of carbonyl (C=O) groups is 1. The van der Waals surface area contributed by atoms with Gasteiger partial charge in [0, 0.05) is 12.6 Å². The zero-order chi connectivity index (χ0) is 11.5. The Hall–Kier alpha value is -1.35. The molecule has 1 N–H and O–H groups in total. The smallest absolute Gasteiger partial charge is 0.310 e. The highest BCUT2D eigenvalue weighted by Gasteiger charge is 2.30. The van der Waals surface area contributed by atoms with Crippen molar-refractivity contribution in [1.29, 1.82) is 0 Å². The van der Waals surface area contributed by atoms with Gasteiger partial charge in [0.05, 0.1) is 13.0 Å². The Morgan fingerprint density at radius 3 is 3.00 bits per heavy atom. The molecule has 3 nitrogen and oxygen atoms in total. The third-order valence-corrected chi connectivity index (χ3v) is 3.11. The summed E-state index contributed by atoms with van der Waals surface area (Å²) >= 11 is 0. The molecule has 0 aliphatic carbocycles. The summed E-state index contributed by atoms with van der Waals surface area (Å²) in [6, 6.07) is 8.68. The summed E-state index contributed by atoms with van der Waals surface area (Å²) in [5.74, 6) is -0.113. The van der Waals surface area contributed by atoms with Crippen LogP contribution in [0.25, 0.3) is 0 Å². The van der Waals surface area contributed by atoms with Gasteiger partial charge in [-0.2, -0.15) is 0 Å². The zero-order valence-electron chi connectivity index (χ0n) is 9.69. The van der Waals surface area contributed by atoms with Crippen molar-refractivity contribution in [2.45, 2.75) is 19.4 Å². The van der Waals surface area contributed by atoms with Crippen LogP contribution in [0, 0.1) is 12.8 Å². The van der Waals surface area contributed by atoms with Gasteiger partial charge in [0.1, 0.15) is 0 Å². The Morgan fingerprint density at radius 1 is 1.50 bits per heavy atom. The second-order valence-electron chi connectivity index (χ2n) is 4.33. The first-order chi connectivity index (χ1) is 7.70. The molecular formula is C13H17NO2. The van der Waals surface area contributed by atoms with Crippen LogP contribution in [0.4, 0.5) is 0 Å². The van der Waals surface area contributed by atoms with Crippen LogP contribution in [0.15, 0.2) is 24.3 Å². The molecule has 0 bridgehead atoms. The lowest BCUT2D eigenvalue weighted by Crippen LogP contribution is -2.19. The van der Waals surface area contributed by atoms with Crippen molar-refractivity contribution < 1.29 is 9.53 Å². The quantitative estimate of drug-likeness (QED) is 0.771. The fourth-order valence-corrected chi connectivity index (χ4v) is 2.22. The number of aryl methyl sites for hydroxylation is 1. The van der Waals surface area contributed by atoms with E-state index in [0.717, 1.165) is 6.42 Å². The minimum Gasteiger partial charge on any atom is -0.469 e. The highest BCUT2D eigenvalue weighted by atomic mass is 16.5. The molecule has 1 saturated heterocycles. The summed E-state index contributed by atoms with van der Waals surface area (Å²) in [4.78, 5) is 11.4. The Kier molecular flexibility index (Phi) is 3.25. The van der Waals surface area contributed by atoms with Gasteiger partial charge in [0.15, 0.2) is 0 Å². The Bertz CT molecular complexity index is 389. The monoisotopic (exact) mass is 219 g/mol. The standard InChI is InChI=1S/C13H17NO2/c1-9-4-3-5-10(6-9)12-7-11(8-14-12)13(15)16-2/h3-6,11-12,14H,7-8H2,1-2H3. The van der Waals surface area contributed by atoms with E-state index in [1.165, 1.54) is 18.2 Å². The van der Waals surface area contributed by atoms with Crippen LogP contribution >= 0.6 is 0 Å². The minimum absolute atomic E-state index is 0.00416. The summed E-state index contributed by atoms with van der Waals surface area (Å²) in [5, 5.41) is 3.36. The number of rotatable bonds is 2. The van der Waals surface area contributed by atoms with Crippen LogP contribution in [0.1, 0.15) is 23.6 Å². The number of ether oxygens (including phenoxy) is 1. The summed E-state index contributed by atoms with van der Waals surface area (Å²) in [7, 11) is 1.45. The topological polar surface area (TPSA) is 38.3 Å². The molecule has 0 aromatic heterocycles. The van der Waals surface area contributed by atoms with E-state index >= 15 is 0 Å². The Morgan fingerprint density at radius 2 is 2.31 bits per heavy atom. The molecule has 0 saturated carbocycles. The lowest BCUT2D eigenvalue weighted by atomic mass is 9.99. The zero-order valence-corrected chi connectivity index (χ0v) is 9.69. The maximum Gasteiger partial charge on any atom is 0.310 e. The van der Waals surface area contributed by atoms with Gasteiger partial charge in [-0.05, 0) is 18.9 Å². The van der Waals surface area contributed by atoms with Crippen molar-refractivity contribution in [2.75, 3.05) is 13.7 Å². The largest absolute Gasteiger partial charge is 0.469 e. The first kappa shape index (κ1) is 11.1. The third-order valence-electron chi connectivity index (χ3n) is 3.11. The predicted molar refractivity (Wildman–Crippen MR) is 62.0 cm³/mol. The molecule has 1 aromatic carbocycles. The Balaban J connectivity index is 2.06. The lowest BCUT2D eigenvalue weighted by molar-refractivity contribution is -0.144. The lowest BCUT2D eigenvalue weighted by Gasteiger charge is -2.11. The van der Waals surface area contributed by atoms with Gasteiger partial charge >= 0.3 is 5.97 Å². The third kappa shape index (κ3) is 2.25. The molecule has 0 radical (unpaired) electrons. The number of methoxy groups -OCH3 is 1. The summed E-state index contributed by atoms with van der Waals surface area (Å²) in [6.45, 7) is 2.79. The molecule has 1 aliphatic rings. The molecule has 2 unspecified atom stereocenters. The van der Waals surface area contributed by atoms with Gasteiger partial charge in [-0.15, -0.1) is 0 Å². The summed E-state index contributed by atoms with van der Waals surface area (Å²) < 4.78 is 4.76. The fraction of sp³-hybridized carbons (Fsp3) is 0.462. The number of carbonyl (C=O) groups excluding carboxylic acids is 1. The molecule has 1 aromatic rings. The fourth-order valence-electron chi connectivity index (χ4n) is 2.22. The number of hydrogen-bond donors (Lipinski definition) is 1. The van der Waals surface area contributed by atoms with Crippen LogP contribution in [0.3, 0.4) is 0 Å². The van der Waals surface area contributed by atoms with E-state index in [0.29, 0.717) is 6.54 Å². The highest BCUT2D eigenvalue weighted by Crippen LogP contribution is 2.28. The Labute approximate surface area is 95.8 Å². The van der Waals surface area contributed by atoms with Crippen molar-refractivity contribution in [3.8, 4) is 0 Å². The SMILES string of the molecule is COC(=O)C1CNC(c2cccc(C)c2)C1. The van der Waals surface area contributed by atoms with Gasteiger partial charge in [-0.1, -0.05) is 29.8 Å². The maximum atomic E-state index is 11.4. The number of esters is 1. The van der Waals surface area contributed by atoms with Crippen LogP contribution in [0.5, 0.6) is 0 Å². The molecule has 16 heavy (non-hydrogen) atoms. The van der Waals surface area contributed by atoms with Crippen LogP contribution < -0.4 is 5.32 Å². The van der Waals surface area contributed by atoms with Gasteiger partial charge in [-0.25, -0.2) is 0 Å². The van der Waals surface area contributed by atoms with Crippen molar-refractivity contribution in [3.05, 3.63) is 35.4 Å². The number of benzene rings is 1. The molecule has 0 amide bonds. The van der Waals surface area contributed by atoms with Crippen molar-refractivity contribution in [3.63, 3.8) is 0 Å². The van der Waals surface area contributed by atoms with E-state index in [4.69, 9.17) is 4.74 Å². The van der Waals surface area contributed by atoms with Gasteiger partial charge in [0.25, 0.3) is 0 Å². The predicted octanol–water partition coefficient (Wildman–Crippen LogP) is 1.82. The second kappa shape index (κ2) is 4.66. The van der Waals surface area contributed by atoms with Crippen molar-refractivity contribution in [1.82, 2.24) is 5.32 Å². The van der Waals surface area contributed by atoms with Crippen molar-refractivity contribution >= 4 is 5.97 Å². The molecular weight excluding hydrogens is 202 g/mol. The normalized spacial score (nSPS) is 24.4.